The van der Waals surface area contributed by atoms with E-state index in [0.29, 0.717) is 23.8 Å². The highest BCUT2D eigenvalue weighted by Gasteiger charge is 2.35. The van der Waals surface area contributed by atoms with E-state index in [1.807, 2.05) is 12.3 Å². The molecule has 1 saturated heterocycles. The Morgan fingerprint density at radius 1 is 1.08 bits per heavy atom. The average Bonchev–Trinajstić information content (AvgIpc) is 3.41. The van der Waals surface area contributed by atoms with Crippen LogP contribution in [0.1, 0.15) is 69.3 Å². The Morgan fingerprint density at radius 2 is 1.86 bits per heavy atom. The van der Waals surface area contributed by atoms with Crippen LogP contribution in [0.3, 0.4) is 0 Å². The molecule has 0 aromatic carbocycles. The van der Waals surface area contributed by atoms with Crippen molar-refractivity contribution in [1.29, 1.82) is 0 Å². The summed E-state index contributed by atoms with van der Waals surface area (Å²) in [5.74, 6) is 1.40. The predicted molar refractivity (Wildman–Crippen MR) is 140 cm³/mol. The lowest BCUT2D eigenvalue weighted by molar-refractivity contribution is -0.141. The second-order valence-corrected chi connectivity index (χ2v) is 10.7. The number of carboxylic acids is 1. The smallest absolute Gasteiger partial charge is 0.306 e. The van der Waals surface area contributed by atoms with Gasteiger partial charge in [0.25, 0.3) is 0 Å². The largest absolute Gasteiger partial charge is 0.481 e. The van der Waals surface area contributed by atoms with Gasteiger partial charge in [-0.15, -0.1) is 0 Å². The van der Waals surface area contributed by atoms with Crippen molar-refractivity contribution in [2.24, 2.45) is 5.92 Å². The summed E-state index contributed by atoms with van der Waals surface area (Å²) in [5, 5.41) is 26.3. The Hall–Kier alpha value is -2.98. The number of carboxylic acid groups (broad SMARTS) is 1. The summed E-state index contributed by atoms with van der Waals surface area (Å²) in [4.78, 5) is 27.6. The van der Waals surface area contributed by atoms with Crippen LogP contribution in [0.25, 0.3) is 0 Å². The zero-order valence-corrected chi connectivity index (χ0v) is 21.5. The predicted octanol–water partition coefficient (Wildman–Crippen LogP) is 3.77. The van der Waals surface area contributed by atoms with E-state index < -0.39 is 5.97 Å². The van der Waals surface area contributed by atoms with Gasteiger partial charge in [-0.3, -0.25) is 4.79 Å². The minimum absolute atomic E-state index is 0.193. The second kappa shape index (κ2) is 11.6. The van der Waals surface area contributed by atoms with Crippen LogP contribution in [-0.2, 0) is 4.79 Å². The highest BCUT2D eigenvalue weighted by Crippen LogP contribution is 2.37. The third-order valence-electron chi connectivity index (χ3n) is 8.29. The maximum absolute atomic E-state index is 11.4. The number of hydrogen-bond acceptors (Lipinski definition) is 9. The van der Waals surface area contributed by atoms with Crippen molar-refractivity contribution in [3.63, 3.8) is 0 Å². The first kappa shape index (κ1) is 25.7. The molecule has 4 N–H and O–H groups in total. The molecule has 3 aliphatic rings. The minimum atomic E-state index is -0.653. The molecule has 3 fully saturated rings. The molecule has 3 heterocycles. The summed E-state index contributed by atoms with van der Waals surface area (Å²) in [7, 11) is 1.59. The molecule has 2 saturated carbocycles. The number of likely N-dealkylation sites (tertiary alicyclic amines) is 1. The van der Waals surface area contributed by atoms with Crippen molar-refractivity contribution in [1.82, 2.24) is 19.9 Å². The molecule has 2 aliphatic carbocycles. The summed E-state index contributed by atoms with van der Waals surface area (Å²) in [6.45, 7) is 1.93. The van der Waals surface area contributed by atoms with Gasteiger partial charge in [0.2, 0.25) is 11.8 Å². The normalized spacial score (nSPS) is 27.1. The number of rotatable bonds is 8. The summed E-state index contributed by atoms with van der Waals surface area (Å²) < 4.78 is 5.23. The zero-order valence-electron chi connectivity index (χ0n) is 21.5. The van der Waals surface area contributed by atoms with E-state index in [1.54, 1.807) is 19.4 Å². The third kappa shape index (κ3) is 6.30. The van der Waals surface area contributed by atoms with Crippen molar-refractivity contribution in [3.8, 4) is 5.88 Å². The van der Waals surface area contributed by atoms with Crippen LogP contribution in [0.2, 0.25) is 0 Å². The minimum Gasteiger partial charge on any atom is -0.481 e. The van der Waals surface area contributed by atoms with E-state index in [9.17, 15) is 15.0 Å². The lowest BCUT2D eigenvalue weighted by Crippen LogP contribution is -2.40. The Balaban J connectivity index is 1.30. The van der Waals surface area contributed by atoms with E-state index in [-0.39, 0.29) is 18.1 Å². The lowest BCUT2D eigenvalue weighted by Gasteiger charge is -2.37. The number of aliphatic hydroxyl groups excluding tert-OH is 1. The zero-order chi connectivity index (χ0) is 25.8. The highest BCUT2D eigenvalue weighted by atomic mass is 16.5. The van der Waals surface area contributed by atoms with Crippen molar-refractivity contribution >= 4 is 23.4 Å². The number of methoxy groups -OCH3 is 1. The van der Waals surface area contributed by atoms with Crippen LogP contribution >= 0.6 is 0 Å². The molecule has 10 heteroatoms. The van der Waals surface area contributed by atoms with E-state index in [4.69, 9.17) is 9.72 Å². The number of carbonyl (C=O) groups is 1. The van der Waals surface area contributed by atoms with E-state index >= 15 is 0 Å². The Bertz CT molecular complexity index is 1070. The quantitative estimate of drug-likeness (QED) is 0.416. The van der Waals surface area contributed by atoms with Gasteiger partial charge >= 0.3 is 5.97 Å². The monoisotopic (exact) mass is 510 g/mol. The molecule has 0 spiro atoms. The van der Waals surface area contributed by atoms with Crippen LogP contribution in [0, 0.1) is 5.92 Å². The van der Waals surface area contributed by atoms with Crippen LogP contribution in [0.4, 0.5) is 17.5 Å². The second-order valence-electron chi connectivity index (χ2n) is 10.7. The van der Waals surface area contributed by atoms with Crippen LogP contribution < -0.4 is 15.4 Å². The van der Waals surface area contributed by atoms with Gasteiger partial charge in [-0.05, 0) is 82.9 Å². The maximum atomic E-state index is 11.4. The Kier molecular flexibility index (Phi) is 8.05. The fourth-order valence-electron chi connectivity index (χ4n) is 6.10. The van der Waals surface area contributed by atoms with Gasteiger partial charge in [-0.2, -0.15) is 4.98 Å². The topological polar surface area (TPSA) is 133 Å². The first-order valence-corrected chi connectivity index (χ1v) is 13.5. The standard InChI is InChI=1S/C27H38N6O4/c1-37-24-15-20(8-11-28-24)31-27-29-16-23(25(32-27)30-19-3-6-22(34)7-4-19)17-9-12-33(13-10-17)21-5-2-18(14-21)26(35)36/h8,11,15-19,21-22,34H,2-7,9-10,12-14H2,1H3,(H,35,36)(H2,28,29,30,31,32). The summed E-state index contributed by atoms with van der Waals surface area (Å²) in [6.07, 6.45) is 11.4. The molecule has 10 nitrogen and oxygen atoms in total. The Labute approximate surface area is 217 Å². The Morgan fingerprint density at radius 3 is 2.57 bits per heavy atom. The molecule has 0 radical (unpaired) electrons. The van der Waals surface area contributed by atoms with Crippen LogP contribution in [0.15, 0.2) is 24.5 Å². The van der Waals surface area contributed by atoms with Crippen molar-refractivity contribution in [2.75, 3.05) is 30.8 Å². The molecule has 5 rings (SSSR count). The van der Waals surface area contributed by atoms with Gasteiger partial charge in [0, 0.05) is 41.8 Å². The summed E-state index contributed by atoms with van der Waals surface area (Å²) in [6, 6.07) is 4.31. The van der Waals surface area contributed by atoms with Gasteiger partial charge in [0.05, 0.1) is 19.1 Å². The number of hydrogen-bond donors (Lipinski definition) is 4. The van der Waals surface area contributed by atoms with Gasteiger partial charge < -0.3 is 30.5 Å². The molecular weight excluding hydrogens is 472 g/mol. The fraction of sp³-hybridized carbons (Fsp3) is 0.630. The maximum Gasteiger partial charge on any atom is 0.306 e. The van der Waals surface area contributed by atoms with Crippen LogP contribution in [0.5, 0.6) is 5.88 Å². The number of aromatic nitrogens is 3. The highest BCUT2D eigenvalue weighted by molar-refractivity contribution is 5.70. The van der Waals surface area contributed by atoms with Gasteiger partial charge in [0.15, 0.2) is 0 Å². The molecule has 2 unspecified atom stereocenters. The summed E-state index contributed by atoms with van der Waals surface area (Å²) >= 11 is 0. The summed E-state index contributed by atoms with van der Waals surface area (Å²) in [5.41, 5.74) is 1.94. The number of aliphatic carboxylic acids is 1. The van der Waals surface area contributed by atoms with E-state index in [2.05, 4.69) is 25.5 Å². The van der Waals surface area contributed by atoms with Crippen molar-refractivity contribution in [2.45, 2.75) is 81.9 Å². The lowest BCUT2D eigenvalue weighted by atomic mass is 9.88. The number of ether oxygens (including phenoxy) is 1. The molecule has 2 aromatic heterocycles. The van der Waals surface area contributed by atoms with Crippen molar-refractivity contribution in [3.05, 3.63) is 30.1 Å². The number of pyridine rings is 1. The molecule has 200 valence electrons. The number of nitrogens with one attached hydrogen (secondary N) is 2. The molecule has 2 atom stereocenters. The van der Waals surface area contributed by atoms with E-state index in [1.165, 1.54) is 0 Å². The van der Waals surface area contributed by atoms with E-state index in [0.717, 1.165) is 87.9 Å². The van der Waals surface area contributed by atoms with Crippen LogP contribution in [-0.4, -0.2) is 74.4 Å². The average molecular weight is 511 g/mol. The molecule has 0 bridgehead atoms. The van der Waals surface area contributed by atoms with Gasteiger partial charge in [-0.25, -0.2) is 9.97 Å². The first-order valence-electron chi connectivity index (χ1n) is 13.5. The first-order chi connectivity index (χ1) is 18.0. The molecule has 1 aliphatic heterocycles. The third-order valence-corrected chi connectivity index (χ3v) is 8.29. The molecule has 37 heavy (non-hydrogen) atoms. The fourth-order valence-corrected chi connectivity index (χ4v) is 6.10. The number of aliphatic hydroxyl groups is 1. The number of nitrogens with zero attached hydrogens (tertiary/aromatic N) is 4. The number of piperidine rings is 1. The SMILES string of the molecule is COc1cc(Nc2ncc(C3CCN(C4CCC(C(=O)O)C4)CC3)c(NC3CCC(O)CC3)n2)ccn1. The van der Waals surface area contributed by atoms with Gasteiger partial charge in [0.1, 0.15) is 5.82 Å². The van der Waals surface area contributed by atoms with Gasteiger partial charge in [-0.1, -0.05) is 0 Å². The molecule has 0 amide bonds. The molecule has 2 aromatic rings. The van der Waals surface area contributed by atoms with Crippen molar-refractivity contribution < 1.29 is 19.7 Å². The molecular formula is C27H38N6O4. The number of anilines is 3.